The Morgan fingerprint density at radius 1 is 1.07 bits per heavy atom. The van der Waals surface area contributed by atoms with Gasteiger partial charge in [0, 0.05) is 28.7 Å². The number of unbranched alkanes of at least 4 members (excludes halogenated alkanes) is 2. The van der Waals surface area contributed by atoms with Crippen molar-refractivity contribution in [3.05, 3.63) is 65.0 Å². The molecule has 0 saturated carbocycles. The zero-order valence-corrected chi connectivity index (χ0v) is 20.9. The van der Waals surface area contributed by atoms with Crippen LogP contribution in [-0.2, 0) is 11.8 Å². The molecule has 1 aromatic carbocycles. The zero-order valence-electron chi connectivity index (χ0n) is 20.9. The second-order valence-corrected chi connectivity index (χ2v) is 10.3. The van der Waals surface area contributed by atoms with Crippen molar-refractivity contribution >= 4 is 11.9 Å². The molecule has 0 aliphatic carbocycles. The third kappa shape index (κ3) is 9.15. The summed E-state index contributed by atoms with van der Waals surface area (Å²) in [5.74, 6) is 0. The molecule has 0 aliphatic rings. The molecule has 2 nitrogen and oxygen atoms in total. The van der Waals surface area contributed by atoms with E-state index in [1.807, 2.05) is 20.1 Å². The lowest BCUT2D eigenvalue weighted by Gasteiger charge is -2.27. The SMILES string of the molecule is C=C(C)\N=C/C(=C\C)/C=C(\Nc1cc(CCCCC)cc(C(C)(C)C)c1)C(C)(C)C. The van der Waals surface area contributed by atoms with Gasteiger partial charge < -0.3 is 5.32 Å². The van der Waals surface area contributed by atoms with Gasteiger partial charge in [-0.15, -0.1) is 0 Å². The van der Waals surface area contributed by atoms with E-state index in [0.29, 0.717) is 0 Å². The van der Waals surface area contributed by atoms with Crippen LogP contribution in [0, 0.1) is 5.41 Å². The predicted molar refractivity (Wildman–Crippen MR) is 137 cm³/mol. The van der Waals surface area contributed by atoms with Gasteiger partial charge in [0.25, 0.3) is 0 Å². The van der Waals surface area contributed by atoms with Crippen molar-refractivity contribution in [1.82, 2.24) is 0 Å². The minimum Gasteiger partial charge on any atom is -0.358 e. The average Bonchev–Trinajstić information content (AvgIpc) is 2.62. The summed E-state index contributed by atoms with van der Waals surface area (Å²) in [6.45, 7) is 23.7. The number of allylic oxidation sites excluding steroid dienone is 5. The summed E-state index contributed by atoms with van der Waals surface area (Å²) in [5, 5.41) is 3.75. The molecule has 0 fully saturated rings. The highest BCUT2D eigenvalue weighted by molar-refractivity contribution is 5.83. The summed E-state index contributed by atoms with van der Waals surface area (Å²) < 4.78 is 0. The normalized spacial score (nSPS) is 13.8. The van der Waals surface area contributed by atoms with E-state index >= 15 is 0 Å². The van der Waals surface area contributed by atoms with E-state index < -0.39 is 0 Å². The molecule has 0 amide bonds. The maximum absolute atomic E-state index is 4.38. The van der Waals surface area contributed by atoms with Crippen molar-refractivity contribution in [3.63, 3.8) is 0 Å². The molecular weight excluding hydrogens is 364 g/mol. The smallest absolute Gasteiger partial charge is 0.0387 e. The Hall–Kier alpha value is -2.09. The van der Waals surface area contributed by atoms with E-state index in [0.717, 1.165) is 17.7 Å². The van der Waals surface area contributed by atoms with Crippen LogP contribution in [0.5, 0.6) is 0 Å². The summed E-state index contributed by atoms with van der Waals surface area (Å²) in [6, 6.07) is 7.01. The van der Waals surface area contributed by atoms with Crippen LogP contribution in [0.4, 0.5) is 5.69 Å². The van der Waals surface area contributed by atoms with Gasteiger partial charge in [-0.1, -0.05) is 80.0 Å². The monoisotopic (exact) mass is 408 g/mol. The van der Waals surface area contributed by atoms with Gasteiger partial charge in [0.15, 0.2) is 0 Å². The number of anilines is 1. The number of aliphatic imine (C=N–C) groups is 1. The standard InChI is InChI=1S/C28H44N2/c1-11-13-14-15-23-16-24(27(5,6)7)19-25(17-23)30-26(28(8,9)10)18-22(12-2)20-29-21(3)4/h12,16-20,30H,3,11,13-15H2,1-2,4-10H3/b22-12-,26-18-,29-20-. The molecule has 166 valence electrons. The first-order valence-corrected chi connectivity index (χ1v) is 11.4. The Morgan fingerprint density at radius 2 is 1.73 bits per heavy atom. The van der Waals surface area contributed by atoms with Crippen molar-refractivity contribution in [3.8, 4) is 0 Å². The highest BCUT2D eigenvalue weighted by Crippen LogP contribution is 2.32. The van der Waals surface area contributed by atoms with Gasteiger partial charge in [0.1, 0.15) is 0 Å². The second-order valence-electron chi connectivity index (χ2n) is 10.3. The van der Waals surface area contributed by atoms with E-state index in [1.54, 1.807) is 0 Å². The Balaban J connectivity index is 3.35. The topological polar surface area (TPSA) is 24.4 Å². The zero-order chi connectivity index (χ0) is 22.9. The molecule has 0 unspecified atom stereocenters. The van der Waals surface area contributed by atoms with Gasteiger partial charge in [-0.2, -0.15) is 0 Å². The number of nitrogens with zero attached hydrogens (tertiary/aromatic N) is 1. The lowest BCUT2D eigenvalue weighted by atomic mass is 9.85. The minimum absolute atomic E-state index is 0.0224. The van der Waals surface area contributed by atoms with Gasteiger partial charge in [-0.3, -0.25) is 4.99 Å². The Kier molecular flexibility index (Phi) is 9.81. The lowest BCUT2D eigenvalue weighted by Crippen LogP contribution is -2.18. The van der Waals surface area contributed by atoms with E-state index in [4.69, 9.17) is 0 Å². The van der Waals surface area contributed by atoms with E-state index in [2.05, 4.69) is 95.7 Å². The molecule has 0 spiro atoms. The summed E-state index contributed by atoms with van der Waals surface area (Å²) in [5.41, 5.74) is 7.12. The summed E-state index contributed by atoms with van der Waals surface area (Å²) >= 11 is 0. The summed E-state index contributed by atoms with van der Waals surface area (Å²) in [4.78, 5) is 4.38. The van der Waals surface area contributed by atoms with Gasteiger partial charge in [0.05, 0.1) is 0 Å². The number of aryl methyl sites for hydroxylation is 1. The predicted octanol–water partition coefficient (Wildman–Crippen LogP) is 8.61. The van der Waals surface area contributed by atoms with Crippen molar-refractivity contribution in [2.75, 3.05) is 5.32 Å². The molecule has 2 heteroatoms. The lowest BCUT2D eigenvalue weighted by molar-refractivity contribution is 0.507. The molecule has 30 heavy (non-hydrogen) atoms. The molecule has 0 bridgehead atoms. The van der Waals surface area contributed by atoms with E-state index in [-0.39, 0.29) is 10.8 Å². The van der Waals surface area contributed by atoms with Crippen LogP contribution in [0.3, 0.4) is 0 Å². The molecule has 0 aromatic heterocycles. The largest absolute Gasteiger partial charge is 0.358 e. The van der Waals surface area contributed by atoms with Gasteiger partial charge in [-0.25, -0.2) is 0 Å². The van der Waals surface area contributed by atoms with Crippen molar-refractivity contribution < 1.29 is 0 Å². The maximum atomic E-state index is 4.38. The average molecular weight is 409 g/mol. The fraction of sp³-hybridized carbons (Fsp3) is 0.536. The van der Waals surface area contributed by atoms with Crippen LogP contribution >= 0.6 is 0 Å². The number of hydrogen-bond donors (Lipinski definition) is 1. The number of rotatable bonds is 9. The fourth-order valence-corrected chi connectivity index (χ4v) is 3.06. The van der Waals surface area contributed by atoms with Gasteiger partial charge in [-0.05, 0) is 67.0 Å². The second kappa shape index (κ2) is 11.3. The molecule has 1 rings (SSSR count). The third-order valence-corrected chi connectivity index (χ3v) is 5.09. The molecular formula is C28H44N2. The summed E-state index contributed by atoms with van der Waals surface area (Å²) in [6.07, 6.45) is 11.1. The van der Waals surface area contributed by atoms with Crippen LogP contribution in [0.25, 0.3) is 0 Å². The summed E-state index contributed by atoms with van der Waals surface area (Å²) in [7, 11) is 0. The molecule has 0 heterocycles. The van der Waals surface area contributed by atoms with Crippen molar-refractivity contribution in [2.45, 2.75) is 93.4 Å². The van der Waals surface area contributed by atoms with Gasteiger partial charge >= 0.3 is 0 Å². The molecule has 1 aromatic rings. The molecule has 0 aliphatic heterocycles. The van der Waals surface area contributed by atoms with Crippen LogP contribution in [-0.4, -0.2) is 6.21 Å². The highest BCUT2D eigenvalue weighted by Gasteiger charge is 2.20. The van der Waals surface area contributed by atoms with Crippen molar-refractivity contribution in [2.24, 2.45) is 10.4 Å². The number of nitrogens with one attached hydrogen (secondary N) is 1. The molecule has 0 atom stereocenters. The Morgan fingerprint density at radius 3 is 2.23 bits per heavy atom. The quantitative estimate of drug-likeness (QED) is 0.247. The van der Waals surface area contributed by atoms with E-state index in [9.17, 15) is 0 Å². The van der Waals surface area contributed by atoms with Gasteiger partial charge in [0.2, 0.25) is 0 Å². The first-order valence-electron chi connectivity index (χ1n) is 11.4. The number of hydrogen-bond acceptors (Lipinski definition) is 2. The van der Waals surface area contributed by atoms with Crippen LogP contribution in [0.2, 0.25) is 0 Å². The third-order valence-electron chi connectivity index (χ3n) is 5.09. The fourth-order valence-electron chi connectivity index (χ4n) is 3.06. The highest BCUT2D eigenvalue weighted by atomic mass is 14.9. The maximum Gasteiger partial charge on any atom is 0.0387 e. The van der Waals surface area contributed by atoms with Crippen molar-refractivity contribution in [1.29, 1.82) is 0 Å². The van der Waals surface area contributed by atoms with Crippen LogP contribution in [0.15, 0.2) is 58.9 Å². The molecule has 0 radical (unpaired) electrons. The number of benzene rings is 1. The molecule has 1 N–H and O–H groups in total. The van der Waals surface area contributed by atoms with E-state index in [1.165, 1.54) is 41.8 Å². The Bertz CT molecular complexity index is 793. The first-order chi connectivity index (χ1) is 13.9. The Labute approximate surface area is 186 Å². The van der Waals surface area contributed by atoms with Crippen LogP contribution < -0.4 is 5.32 Å². The molecule has 0 saturated heterocycles. The van der Waals surface area contributed by atoms with Crippen LogP contribution in [0.1, 0.15) is 92.7 Å². The first kappa shape index (κ1) is 25.9. The minimum atomic E-state index is -0.0224.